The van der Waals surface area contributed by atoms with Gasteiger partial charge in [-0.05, 0) is 12.1 Å². The second-order valence-corrected chi connectivity index (χ2v) is 5.11. The van der Waals surface area contributed by atoms with Crippen molar-refractivity contribution in [2.75, 3.05) is 23.8 Å². The summed E-state index contributed by atoms with van der Waals surface area (Å²) in [5.41, 5.74) is 8.10. The molecule has 0 amide bonds. The van der Waals surface area contributed by atoms with Crippen molar-refractivity contribution in [1.29, 1.82) is 0 Å². The number of para-hydroxylation sites is 1. The van der Waals surface area contributed by atoms with Crippen LogP contribution in [0.4, 0.5) is 15.8 Å². The maximum atomic E-state index is 13.4. The number of rotatable bonds is 1. The Morgan fingerprint density at radius 1 is 1.25 bits per heavy atom. The van der Waals surface area contributed by atoms with Crippen LogP contribution in [0.1, 0.15) is 5.56 Å². The summed E-state index contributed by atoms with van der Waals surface area (Å²) < 4.78 is 19.1. The van der Waals surface area contributed by atoms with Crippen LogP contribution in [0.25, 0.3) is 0 Å². The molecule has 20 heavy (non-hydrogen) atoms. The highest BCUT2D eigenvalue weighted by Gasteiger charge is 2.18. The van der Waals surface area contributed by atoms with Crippen LogP contribution in [0, 0.1) is 5.82 Å². The molecule has 3 nitrogen and oxygen atoms in total. The molecular weight excluding hydrogens is 279 g/mol. The van der Waals surface area contributed by atoms with Crippen LogP contribution in [0.5, 0.6) is 5.75 Å². The zero-order valence-electron chi connectivity index (χ0n) is 10.8. The van der Waals surface area contributed by atoms with E-state index in [0.29, 0.717) is 25.4 Å². The SMILES string of the molecule is Nc1cc(F)c(Cl)cc1N1CCOc2ccccc2C1. The van der Waals surface area contributed by atoms with Crippen LogP contribution in [-0.2, 0) is 6.54 Å². The number of hydrogen-bond donors (Lipinski definition) is 1. The molecule has 0 aromatic heterocycles. The van der Waals surface area contributed by atoms with Gasteiger partial charge in [-0.3, -0.25) is 0 Å². The summed E-state index contributed by atoms with van der Waals surface area (Å²) in [7, 11) is 0. The molecule has 0 saturated heterocycles. The maximum absolute atomic E-state index is 13.4. The van der Waals surface area contributed by atoms with Crippen LogP contribution >= 0.6 is 11.6 Å². The lowest BCUT2D eigenvalue weighted by Crippen LogP contribution is -2.26. The van der Waals surface area contributed by atoms with E-state index in [-0.39, 0.29) is 5.02 Å². The summed E-state index contributed by atoms with van der Waals surface area (Å²) in [6.07, 6.45) is 0. The number of benzene rings is 2. The van der Waals surface area contributed by atoms with Crippen molar-refractivity contribution in [3.05, 3.63) is 52.8 Å². The number of hydrogen-bond acceptors (Lipinski definition) is 3. The van der Waals surface area contributed by atoms with E-state index in [9.17, 15) is 4.39 Å². The summed E-state index contributed by atoms with van der Waals surface area (Å²) in [4.78, 5) is 2.05. The molecule has 2 aromatic carbocycles. The predicted octanol–water partition coefficient (Wildman–Crippen LogP) is 3.46. The molecule has 2 aromatic rings. The van der Waals surface area contributed by atoms with Crippen LogP contribution in [-0.4, -0.2) is 13.2 Å². The fourth-order valence-electron chi connectivity index (χ4n) is 2.36. The molecule has 5 heteroatoms. The number of halogens is 2. The van der Waals surface area contributed by atoms with Gasteiger partial charge in [0.2, 0.25) is 0 Å². The highest BCUT2D eigenvalue weighted by molar-refractivity contribution is 6.31. The predicted molar refractivity (Wildman–Crippen MR) is 78.8 cm³/mol. The van der Waals surface area contributed by atoms with Crippen LogP contribution < -0.4 is 15.4 Å². The number of nitrogens with zero attached hydrogens (tertiary/aromatic N) is 1. The normalized spacial score (nSPS) is 14.4. The zero-order chi connectivity index (χ0) is 14.1. The van der Waals surface area contributed by atoms with E-state index < -0.39 is 5.82 Å². The van der Waals surface area contributed by atoms with Gasteiger partial charge in [-0.1, -0.05) is 29.8 Å². The summed E-state index contributed by atoms with van der Waals surface area (Å²) in [6, 6.07) is 10.7. The van der Waals surface area contributed by atoms with Crippen LogP contribution in [0.15, 0.2) is 36.4 Å². The Hall–Kier alpha value is -1.94. The lowest BCUT2D eigenvalue weighted by atomic mass is 10.1. The van der Waals surface area contributed by atoms with Gasteiger partial charge >= 0.3 is 0 Å². The number of ether oxygens (including phenoxy) is 1. The van der Waals surface area contributed by atoms with Gasteiger partial charge < -0.3 is 15.4 Å². The van der Waals surface area contributed by atoms with Crippen molar-refractivity contribution in [2.24, 2.45) is 0 Å². The van der Waals surface area contributed by atoms with E-state index in [4.69, 9.17) is 22.1 Å². The molecule has 3 rings (SSSR count). The van der Waals surface area contributed by atoms with E-state index in [1.807, 2.05) is 29.2 Å². The average Bonchev–Trinajstić information content (AvgIpc) is 2.65. The first kappa shape index (κ1) is 13.1. The molecule has 0 aliphatic carbocycles. The van der Waals surface area contributed by atoms with E-state index in [1.54, 1.807) is 6.07 Å². The quantitative estimate of drug-likeness (QED) is 0.818. The molecule has 1 aliphatic rings. The third-order valence-electron chi connectivity index (χ3n) is 3.36. The van der Waals surface area contributed by atoms with E-state index in [0.717, 1.165) is 17.0 Å². The highest BCUT2D eigenvalue weighted by Crippen LogP contribution is 2.32. The molecule has 2 N–H and O–H groups in total. The van der Waals surface area contributed by atoms with Crippen LogP contribution in [0.2, 0.25) is 5.02 Å². The molecule has 0 saturated carbocycles. The monoisotopic (exact) mass is 292 g/mol. The van der Waals surface area contributed by atoms with Crippen molar-refractivity contribution in [2.45, 2.75) is 6.54 Å². The second kappa shape index (κ2) is 5.21. The standard InChI is InChI=1S/C15H14ClFN2O/c16-11-7-14(13(18)8-12(11)17)19-5-6-20-15-4-2-1-3-10(15)9-19/h1-4,7-8H,5-6,9,18H2. The highest BCUT2D eigenvalue weighted by atomic mass is 35.5. The molecule has 0 bridgehead atoms. The van der Waals surface area contributed by atoms with Crippen molar-refractivity contribution in [1.82, 2.24) is 0 Å². The second-order valence-electron chi connectivity index (χ2n) is 4.70. The Balaban J connectivity index is 1.97. The van der Waals surface area contributed by atoms with Crippen molar-refractivity contribution in [3.8, 4) is 5.75 Å². The lowest BCUT2D eigenvalue weighted by Gasteiger charge is -2.24. The minimum absolute atomic E-state index is 0.0765. The molecular formula is C15H14ClFN2O. The lowest BCUT2D eigenvalue weighted by molar-refractivity contribution is 0.331. The van der Waals surface area contributed by atoms with Gasteiger partial charge in [-0.25, -0.2) is 4.39 Å². The fraction of sp³-hybridized carbons (Fsp3) is 0.200. The number of anilines is 2. The Morgan fingerprint density at radius 2 is 2.05 bits per heavy atom. The van der Waals surface area contributed by atoms with Gasteiger partial charge in [0.15, 0.2) is 0 Å². The number of nitrogens with two attached hydrogens (primary N) is 1. The van der Waals surface area contributed by atoms with E-state index in [1.165, 1.54) is 6.07 Å². The number of fused-ring (bicyclic) bond motifs is 1. The van der Waals surface area contributed by atoms with Gasteiger partial charge in [0.25, 0.3) is 0 Å². The Morgan fingerprint density at radius 3 is 2.90 bits per heavy atom. The van der Waals surface area contributed by atoms with E-state index >= 15 is 0 Å². The molecule has 0 atom stereocenters. The topological polar surface area (TPSA) is 38.5 Å². The fourth-order valence-corrected chi connectivity index (χ4v) is 2.51. The molecule has 0 radical (unpaired) electrons. The van der Waals surface area contributed by atoms with Gasteiger partial charge in [0.05, 0.1) is 22.9 Å². The Labute approximate surface area is 121 Å². The third kappa shape index (κ3) is 2.39. The van der Waals surface area contributed by atoms with E-state index in [2.05, 4.69) is 0 Å². The van der Waals surface area contributed by atoms with Crippen molar-refractivity contribution >= 4 is 23.0 Å². The minimum atomic E-state index is -0.501. The Kier molecular flexibility index (Phi) is 3.40. The zero-order valence-corrected chi connectivity index (χ0v) is 11.5. The molecule has 1 aliphatic heterocycles. The minimum Gasteiger partial charge on any atom is -0.491 e. The molecule has 1 heterocycles. The molecule has 104 valence electrons. The summed E-state index contributed by atoms with van der Waals surface area (Å²) in [6.45, 7) is 1.87. The van der Waals surface area contributed by atoms with Gasteiger partial charge in [-0.2, -0.15) is 0 Å². The molecule has 0 fully saturated rings. The molecule has 0 unspecified atom stereocenters. The average molecular weight is 293 g/mol. The molecule has 0 spiro atoms. The van der Waals surface area contributed by atoms with Crippen LogP contribution in [0.3, 0.4) is 0 Å². The van der Waals surface area contributed by atoms with Gasteiger partial charge in [0, 0.05) is 18.2 Å². The summed E-state index contributed by atoms with van der Waals surface area (Å²) in [5.74, 6) is 0.376. The van der Waals surface area contributed by atoms with Crippen molar-refractivity contribution < 1.29 is 9.13 Å². The maximum Gasteiger partial charge on any atom is 0.143 e. The first-order valence-corrected chi connectivity index (χ1v) is 6.73. The van der Waals surface area contributed by atoms with Gasteiger partial charge in [0.1, 0.15) is 18.2 Å². The first-order valence-electron chi connectivity index (χ1n) is 6.35. The Bertz CT molecular complexity index is 648. The van der Waals surface area contributed by atoms with Gasteiger partial charge in [-0.15, -0.1) is 0 Å². The number of nitrogen functional groups attached to an aromatic ring is 1. The summed E-state index contributed by atoms with van der Waals surface area (Å²) >= 11 is 5.86. The first-order chi connectivity index (χ1) is 9.65. The largest absolute Gasteiger partial charge is 0.491 e. The smallest absolute Gasteiger partial charge is 0.143 e. The third-order valence-corrected chi connectivity index (χ3v) is 3.65. The summed E-state index contributed by atoms with van der Waals surface area (Å²) in [5, 5.41) is 0.0765. The van der Waals surface area contributed by atoms with Crippen molar-refractivity contribution in [3.63, 3.8) is 0 Å².